The molecule has 0 aromatic rings. The number of carboxylic acid groups (broad SMARTS) is 1. The Morgan fingerprint density at radius 1 is 1.69 bits per heavy atom. The van der Waals surface area contributed by atoms with E-state index in [-0.39, 0.29) is 13.0 Å². The molecule has 1 N–H and O–H groups in total. The molecule has 2 atom stereocenters. The number of carbonyl (C=O) groups is 1. The van der Waals surface area contributed by atoms with Crippen molar-refractivity contribution in [3.8, 4) is 0 Å². The highest BCUT2D eigenvalue weighted by molar-refractivity contribution is 7.91. The predicted molar refractivity (Wildman–Crippen MR) is 45.2 cm³/mol. The van der Waals surface area contributed by atoms with Gasteiger partial charge in [0.25, 0.3) is 0 Å². The lowest BCUT2D eigenvalue weighted by atomic mass is 10.1. The molecule has 1 saturated carbocycles. The van der Waals surface area contributed by atoms with Crippen molar-refractivity contribution in [3.05, 3.63) is 0 Å². The predicted octanol–water partition coefficient (Wildman–Crippen LogP) is -0.479. The van der Waals surface area contributed by atoms with Crippen molar-refractivity contribution >= 4 is 15.8 Å². The van der Waals surface area contributed by atoms with Crippen molar-refractivity contribution in [2.75, 3.05) is 20.0 Å². The van der Waals surface area contributed by atoms with Crippen molar-refractivity contribution in [1.29, 1.82) is 0 Å². The Morgan fingerprint density at radius 2 is 2.23 bits per heavy atom. The molecular weight excluding hydrogens is 196 g/mol. The lowest BCUT2D eigenvalue weighted by Crippen LogP contribution is -2.27. The van der Waals surface area contributed by atoms with Crippen LogP contribution < -0.4 is 0 Å². The average molecular weight is 208 g/mol. The second-order valence-electron chi connectivity index (χ2n) is 3.42. The molecule has 76 valence electrons. The van der Waals surface area contributed by atoms with Crippen LogP contribution in [-0.4, -0.2) is 44.7 Å². The minimum atomic E-state index is -3.27. The first-order valence-electron chi connectivity index (χ1n) is 3.76. The summed E-state index contributed by atoms with van der Waals surface area (Å²) >= 11 is 0. The molecule has 0 radical (unpaired) electrons. The smallest absolute Gasteiger partial charge is 0.313 e. The maximum atomic E-state index is 11.1. The van der Waals surface area contributed by atoms with Crippen LogP contribution in [0.15, 0.2) is 0 Å². The number of ether oxygens (including phenoxy) is 1. The number of methoxy groups -OCH3 is 1. The van der Waals surface area contributed by atoms with E-state index in [1.54, 1.807) is 0 Å². The average Bonchev–Trinajstić information content (AvgIpc) is 2.63. The molecule has 0 saturated heterocycles. The number of aliphatic carboxylic acids is 1. The molecule has 0 heterocycles. The Kier molecular flexibility index (Phi) is 2.38. The largest absolute Gasteiger partial charge is 0.481 e. The summed E-state index contributed by atoms with van der Waals surface area (Å²) < 4.78 is 26.8. The van der Waals surface area contributed by atoms with E-state index in [1.165, 1.54) is 7.11 Å². The van der Waals surface area contributed by atoms with E-state index in [2.05, 4.69) is 0 Å². The van der Waals surface area contributed by atoms with Gasteiger partial charge in [-0.1, -0.05) is 0 Å². The van der Waals surface area contributed by atoms with Crippen LogP contribution >= 0.6 is 0 Å². The summed E-state index contributed by atoms with van der Waals surface area (Å²) in [5.41, 5.74) is -1.19. The van der Waals surface area contributed by atoms with Crippen LogP contribution in [0, 0.1) is 5.41 Å². The van der Waals surface area contributed by atoms with Gasteiger partial charge in [-0.2, -0.15) is 0 Å². The Morgan fingerprint density at radius 3 is 2.46 bits per heavy atom. The molecule has 0 spiro atoms. The topological polar surface area (TPSA) is 80.7 Å². The Bertz CT molecular complexity index is 320. The van der Waals surface area contributed by atoms with Crippen molar-refractivity contribution in [2.45, 2.75) is 11.7 Å². The van der Waals surface area contributed by atoms with Crippen molar-refractivity contribution in [3.63, 3.8) is 0 Å². The monoisotopic (exact) mass is 208 g/mol. The summed E-state index contributed by atoms with van der Waals surface area (Å²) in [6.45, 7) is -0.0416. The fraction of sp³-hybridized carbons (Fsp3) is 0.857. The summed E-state index contributed by atoms with van der Waals surface area (Å²) in [4.78, 5) is 10.8. The maximum absolute atomic E-state index is 11.1. The zero-order valence-electron chi connectivity index (χ0n) is 7.48. The third-order valence-electron chi connectivity index (χ3n) is 2.35. The van der Waals surface area contributed by atoms with E-state index in [9.17, 15) is 13.2 Å². The molecule has 1 rings (SSSR count). The second-order valence-corrected chi connectivity index (χ2v) is 5.64. The van der Waals surface area contributed by atoms with E-state index in [1.807, 2.05) is 0 Å². The molecule has 1 aliphatic rings. The van der Waals surface area contributed by atoms with Crippen molar-refractivity contribution in [1.82, 2.24) is 0 Å². The van der Waals surface area contributed by atoms with Crippen LogP contribution in [0.2, 0.25) is 0 Å². The maximum Gasteiger partial charge on any atom is 0.313 e. The van der Waals surface area contributed by atoms with Crippen LogP contribution in [0.5, 0.6) is 0 Å². The molecule has 1 aliphatic carbocycles. The van der Waals surface area contributed by atoms with Gasteiger partial charge in [-0.15, -0.1) is 0 Å². The molecule has 13 heavy (non-hydrogen) atoms. The van der Waals surface area contributed by atoms with Gasteiger partial charge in [0.15, 0.2) is 9.84 Å². The Balaban J connectivity index is 2.85. The van der Waals surface area contributed by atoms with Gasteiger partial charge in [0.05, 0.1) is 11.9 Å². The quantitative estimate of drug-likeness (QED) is 0.675. The van der Waals surface area contributed by atoms with Gasteiger partial charge in [-0.05, 0) is 6.42 Å². The highest BCUT2D eigenvalue weighted by Gasteiger charge is 2.65. The summed E-state index contributed by atoms with van der Waals surface area (Å²) in [7, 11) is -1.90. The Labute approximate surface area is 76.6 Å². The molecule has 0 bridgehead atoms. The van der Waals surface area contributed by atoms with Crippen LogP contribution in [0.4, 0.5) is 0 Å². The lowest BCUT2D eigenvalue weighted by Gasteiger charge is -2.09. The normalized spacial score (nSPS) is 32.9. The van der Waals surface area contributed by atoms with Gasteiger partial charge in [0.1, 0.15) is 5.41 Å². The first-order valence-corrected chi connectivity index (χ1v) is 5.71. The minimum Gasteiger partial charge on any atom is -0.481 e. The lowest BCUT2D eigenvalue weighted by molar-refractivity contribution is -0.145. The molecule has 0 unspecified atom stereocenters. The zero-order valence-corrected chi connectivity index (χ0v) is 8.30. The minimum absolute atomic E-state index is 0.0416. The molecule has 0 amide bonds. The summed E-state index contributed by atoms with van der Waals surface area (Å²) in [6, 6.07) is 0. The highest BCUT2D eigenvalue weighted by atomic mass is 32.2. The van der Waals surface area contributed by atoms with Crippen LogP contribution in [-0.2, 0) is 19.4 Å². The summed E-state index contributed by atoms with van der Waals surface area (Å²) in [5.74, 6) is -1.09. The Hall–Kier alpha value is -0.620. The van der Waals surface area contributed by atoms with E-state index < -0.39 is 26.5 Å². The number of carboxylic acids is 1. The standard InChI is InChI=1S/C7H12O5S/c1-12-4-7(6(8)9)3-5(7)13(2,10)11/h5H,3-4H2,1-2H3,(H,8,9)/t5-,7+/m1/s1. The molecule has 1 fully saturated rings. The molecule has 0 aromatic carbocycles. The fourth-order valence-corrected chi connectivity index (χ4v) is 3.12. The highest BCUT2D eigenvalue weighted by Crippen LogP contribution is 2.50. The van der Waals surface area contributed by atoms with Gasteiger partial charge in [-0.25, -0.2) is 8.42 Å². The van der Waals surface area contributed by atoms with Gasteiger partial charge < -0.3 is 9.84 Å². The molecule has 0 aliphatic heterocycles. The fourth-order valence-electron chi connectivity index (χ4n) is 1.53. The van der Waals surface area contributed by atoms with Crippen molar-refractivity contribution < 1.29 is 23.1 Å². The van der Waals surface area contributed by atoms with E-state index in [0.717, 1.165) is 6.26 Å². The van der Waals surface area contributed by atoms with E-state index in [4.69, 9.17) is 9.84 Å². The molecule has 0 aromatic heterocycles. The number of sulfone groups is 1. The number of rotatable bonds is 4. The zero-order chi connectivity index (χ0) is 10.3. The first kappa shape index (κ1) is 10.5. The van der Waals surface area contributed by atoms with Crippen LogP contribution in [0.3, 0.4) is 0 Å². The van der Waals surface area contributed by atoms with Crippen molar-refractivity contribution in [2.24, 2.45) is 5.41 Å². The van der Waals surface area contributed by atoms with Gasteiger partial charge >= 0.3 is 5.97 Å². The van der Waals surface area contributed by atoms with E-state index >= 15 is 0 Å². The number of hydrogen-bond donors (Lipinski definition) is 1. The third-order valence-corrected chi connectivity index (χ3v) is 4.00. The first-order chi connectivity index (χ1) is 5.84. The number of hydrogen-bond acceptors (Lipinski definition) is 4. The molecular formula is C7H12O5S. The second kappa shape index (κ2) is 2.95. The summed E-state index contributed by atoms with van der Waals surface area (Å²) in [6.07, 6.45) is 1.22. The van der Waals surface area contributed by atoms with Crippen LogP contribution in [0.25, 0.3) is 0 Å². The third kappa shape index (κ3) is 1.68. The molecule has 5 nitrogen and oxygen atoms in total. The van der Waals surface area contributed by atoms with Gasteiger partial charge in [0.2, 0.25) is 0 Å². The van der Waals surface area contributed by atoms with Gasteiger partial charge in [0, 0.05) is 13.4 Å². The van der Waals surface area contributed by atoms with E-state index in [0.29, 0.717) is 0 Å². The molecule has 6 heteroatoms. The van der Waals surface area contributed by atoms with Crippen LogP contribution in [0.1, 0.15) is 6.42 Å². The van der Waals surface area contributed by atoms with Gasteiger partial charge in [-0.3, -0.25) is 4.79 Å². The summed E-state index contributed by atoms with van der Waals surface area (Å²) in [5, 5.41) is 8.04. The SMILES string of the molecule is COC[C@@]1(C(=O)O)C[C@H]1S(C)(=O)=O.